The van der Waals surface area contributed by atoms with Gasteiger partial charge in [-0.05, 0) is 23.8 Å². The van der Waals surface area contributed by atoms with Crippen LogP contribution < -0.4 is 10.6 Å². The molecule has 1 aliphatic carbocycles. The fourth-order valence-electron chi connectivity index (χ4n) is 2.84. The van der Waals surface area contributed by atoms with Gasteiger partial charge >= 0.3 is 0 Å². The van der Waals surface area contributed by atoms with Crippen molar-refractivity contribution in [3.05, 3.63) is 34.8 Å². The largest absolute Gasteiger partial charge is 0.504 e. The highest BCUT2D eigenvalue weighted by molar-refractivity contribution is 8.15. The van der Waals surface area contributed by atoms with Crippen LogP contribution in [0.2, 0.25) is 0 Å². The van der Waals surface area contributed by atoms with Gasteiger partial charge < -0.3 is 10.2 Å². The molecule has 0 radical (unpaired) electrons. The number of aliphatic hydroxyl groups is 2. The summed E-state index contributed by atoms with van der Waals surface area (Å²) in [7, 11) is 0. The smallest absolute Gasteiger partial charge is 0.293 e. The molecule has 0 bridgehead atoms. The number of imide groups is 2. The number of thioether (sulfide) groups is 1. The van der Waals surface area contributed by atoms with Gasteiger partial charge in [0.25, 0.3) is 17.1 Å². The number of carbonyl (C=O) groups excluding carboxylic acids is 6. The summed E-state index contributed by atoms with van der Waals surface area (Å²) >= 11 is 1.08. The van der Waals surface area contributed by atoms with Crippen LogP contribution in [-0.4, -0.2) is 50.0 Å². The van der Waals surface area contributed by atoms with Crippen molar-refractivity contribution in [2.75, 3.05) is 0 Å². The molecule has 2 aliphatic heterocycles. The fraction of sp³-hybridized carbons (Fsp3) is 0.455. The van der Waals surface area contributed by atoms with Crippen molar-refractivity contribution in [1.29, 1.82) is 0 Å². The van der Waals surface area contributed by atoms with E-state index in [1.165, 1.54) is 6.08 Å². The van der Waals surface area contributed by atoms with Crippen LogP contribution in [0.3, 0.4) is 0 Å². The maximum absolute atomic E-state index is 11.2. The third kappa shape index (κ3) is 7.41. The van der Waals surface area contributed by atoms with Crippen LogP contribution in [0.15, 0.2) is 34.8 Å². The molecule has 0 aromatic rings. The number of amides is 4. The van der Waals surface area contributed by atoms with Crippen molar-refractivity contribution in [3.63, 3.8) is 0 Å². The molecule has 0 saturated carbocycles. The predicted molar refractivity (Wildman–Crippen MR) is 121 cm³/mol. The molecule has 4 N–H and O–H groups in total. The molecule has 1 unspecified atom stereocenters. The Labute approximate surface area is 195 Å². The van der Waals surface area contributed by atoms with Gasteiger partial charge in [-0.2, -0.15) is 0 Å². The Morgan fingerprint density at radius 3 is 1.70 bits per heavy atom. The maximum atomic E-state index is 11.2. The number of ketones is 2. The fourth-order valence-corrected chi connectivity index (χ4v) is 3.67. The number of allylic oxidation sites excluding steroid dienone is 3. The van der Waals surface area contributed by atoms with E-state index < -0.39 is 29.1 Å². The zero-order chi connectivity index (χ0) is 25.6. The molecule has 0 aromatic carbocycles. The Morgan fingerprint density at radius 1 is 0.818 bits per heavy atom. The lowest BCUT2D eigenvalue weighted by Crippen LogP contribution is -2.27. The van der Waals surface area contributed by atoms with E-state index in [0.717, 1.165) is 17.8 Å². The molecule has 3 rings (SSSR count). The summed E-state index contributed by atoms with van der Waals surface area (Å²) in [6.45, 7) is 10.9. The minimum atomic E-state index is -0.696. The van der Waals surface area contributed by atoms with Crippen molar-refractivity contribution >= 4 is 46.3 Å². The highest BCUT2D eigenvalue weighted by atomic mass is 32.2. The molecule has 1 fully saturated rings. The second kappa shape index (κ2) is 11.6. The normalized spacial score (nSPS) is 20.3. The molecular formula is C22H28N2O8S. The second-order valence-electron chi connectivity index (χ2n) is 8.27. The van der Waals surface area contributed by atoms with Crippen molar-refractivity contribution in [2.24, 2.45) is 17.8 Å². The minimum absolute atomic E-state index is 0.0303. The Balaban J connectivity index is 0.000000249. The molecule has 33 heavy (non-hydrogen) atoms. The van der Waals surface area contributed by atoms with Crippen LogP contribution >= 0.6 is 11.8 Å². The number of nitrogens with one attached hydrogen (secondary N) is 2. The molecule has 180 valence electrons. The Morgan fingerprint density at radius 2 is 1.39 bits per heavy atom. The molecule has 11 heteroatoms. The topological polar surface area (TPSA) is 167 Å². The van der Waals surface area contributed by atoms with Crippen LogP contribution in [0.1, 0.15) is 41.5 Å². The van der Waals surface area contributed by atoms with Gasteiger partial charge in [-0.3, -0.25) is 39.4 Å². The van der Waals surface area contributed by atoms with E-state index in [-0.39, 0.29) is 45.5 Å². The average molecular weight is 481 g/mol. The minimum Gasteiger partial charge on any atom is -0.504 e. The van der Waals surface area contributed by atoms with Gasteiger partial charge in [-0.15, -0.1) is 0 Å². The molecule has 10 nitrogen and oxygen atoms in total. The number of aliphatic hydroxyl groups excluding tert-OH is 2. The van der Waals surface area contributed by atoms with Gasteiger partial charge in [0, 0.05) is 11.6 Å². The first-order chi connectivity index (χ1) is 15.2. The standard InChI is InChI=1S/C9H10O3.C7H9NO3.C6H9NO2S/c1-5(2)7-3-6(10)4-8(11)9(7)12;1-3(2)4-5(9)7(11)8-6(4)10;1-3(2)4-5(8)7-6(9)10-4/h3-5,11H,1-2H3;3H,1-2H3,(H2,8,9,10,11);3-4H,1-2H3,(H,7,8,9). The van der Waals surface area contributed by atoms with Crippen LogP contribution in [0.25, 0.3) is 0 Å². The summed E-state index contributed by atoms with van der Waals surface area (Å²) in [6, 6.07) is 0. The summed E-state index contributed by atoms with van der Waals surface area (Å²) in [6.07, 6.45) is 2.21. The summed E-state index contributed by atoms with van der Waals surface area (Å²) < 4.78 is 0. The van der Waals surface area contributed by atoms with Gasteiger partial charge in [0.15, 0.2) is 17.3 Å². The first-order valence-corrected chi connectivity index (χ1v) is 11.1. The second-order valence-corrected chi connectivity index (χ2v) is 9.39. The third-order valence-electron chi connectivity index (χ3n) is 4.54. The van der Waals surface area contributed by atoms with Crippen molar-refractivity contribution < 1.29 is 39.0 Å². The monoisotopic (exact) mass is 480 g/mol. The molecule has 1 atom stereocenters. The van der Waals surface area contributed by atoms with Gasteiger partial charge in [-0.1, -0.05) is 53.3 Å². The Hall–Kier alpha value is -3.21. The van der Waals surface area contributed by atoms with Gasteiger partial charge in [-0.25, -0.2) is 0 Å². The first kappa shape index (κ1) is 27.8. The third-order valence-corrected chi connectivity index (χ3v) is 5.86. The zero-order valence-corrected chi connectivity index (χ0v) is 20.0. The summed E-state index contributed by atoms with van der Waals surface area (Å²) in [4.78, 5) is 65.1. The van der Waals surface area contributed by atoms with Crippen LogP contribution in [0.5, 0.6) is 0 Å². The van der Waals surface area contributed by atoms with E-state index in [0.29, 0.717) is 5.57 Å². The Kier molecular flexibility index (Phi) is 9.78. The zero-order valence-electron chi connectivity index (χ0n) is 19.2. The van der Waals surface area contributed by atoms with E-state index in [2.05, 4.69) is 5.32 Å². The van der Waals surface area contributed by atoms with Crippen molar-refractivity contribution in [1.82, 2.24) is 10.6 Å². The molecule has 2 heterocycles. The van der Waals surface area contributed by atoms with E-state index in [4.69, 9.17) is 10.2 Å². The van der Waals surface area contributed by atoms with E-state index in [1.807, 2.05) is 19.2 Å². The van der Waals surface area contributed by atoms with E-state index >= 15 is 0 Å². The van der Waals surface area contributed by atoms with Gasteiger partial charge in [0.1, 0.15) is 0 Å². The van der Waals surface area contributed by atoms with Crippen molar-refractivity contribution in [2.45, 2.75) is 46.8 Å². The molecule has 3 aliphatic rings. The molecule has 0 spiro atoms. The average Bonchev–Trinajstić information content (AvgIpc) is 3.16. The SMILES string of the molecule is CC(C)C1=C(O)C(=O)NC1=O.CC(C)C1=CC(=O)C=C(O)C1=O.CC(C)C1SC(=O)NC1=O. The number of Topliss-reactive ketones (excluding diaryl/α,β-unsaturated/α-hetero) is 1. The predicted octanol–water partition coefficient (Wildman–Crippen LogP) is 2.27. The van der Waals surface area contributed by atoms with Crippen LogP contribution in [0, 0.1) is 17.8 Å². The van der Waals surface area contributed by atoms with Crippen LogP contribution in [0.4, 0.5) is 4.79 Å². The molecule has 1 saturated heterocycles. The first-order valence-electron chi connectivity index (χ1n) is 10.2. The molecular weight excluding hydrogens is 452 g/mol. The Bertz CT molecular complexity index is 973. The summed E-state index contributed by atoms with van der Waals surface area (Å²) in [5.74, 6) is -2.90. The number of rotatable bonds is 3. The number of hydrogen-bond donors (Lipinski definition) is 4. The van der Waals surface area contributed by atoms with E-state index in [1.54, 1.807) is 27.7 Å². The lowest BCUT2D eigenvalue weighted by atomic mass is 9.93. The molecule has 0 aromatic heterocycles. The number of hydrogen-bond acceptors (Lipinski definition) is 9. The highest BCUT2D eigenvalue weighted by Crippen LogP contribution is 2.25. The van der Waals surface area contributed by atoms with Crippen LogP contribution in [-0.2, 0) is 24.0 Å². The maximum Gasteiger partial charge on any atom is 0.293 e. The summed E-state index contributed by atoms with van der Waals surface area (Å²) in [5.41, 5.74) is 0.551. The quantitative estimate of drug-likeness (QED) is 0.350. The lowest BCUT2D eigenvalue weighted by Gasteiger charge is -2.11. The van der Waals surface area contributed by atoms with E-state index in [9.17, 15) is 28.8 Å². The highest BCUT2D eigenvalue weighted by Gasteiger charge is 2.33. The molecule has 4 amide bonds. The lowest BCUT2D eigenvalue weighted by molar-refractivity contribution is -0.125. The van der Waals surface area contributed by atoms with Gasteiger partial charge in [0.2, 0.25) is 11.7 Å². The van der Waals surface area contributed by atoms with Crippen molar-refractivity contribution in [3.8, 4) is 0 Å². The van der Waals surface area contributed by atoms with Gasteiger partial charge in [0.05, 0.1) is 10.8 Å². The number of carbonyl (C=O) groups is 6. The summed E-state index contributed by atoms with van der Waals surface area (Å²) in [5, 5.41) is 21.9.